The number of carbonyl (C=O) groups excluding carboxylic acids is 3. The van der Waals surface area contributed by atoms with Crippen molar-refractivity contribution in [1.82, 2.24) is 10.2 Å². The number of nitrogens with zero attached hydrogens (tertiary/aromatic N) is 1. The molecule has 144 valence electrons. The minimum Gasteiger partial charge on any atom is -0.497 e. The van der Waals surface area contributed by atoms with E-state index in [1.807, 2.05) is 24.3 Å². The van der Waals surface area contributed by atoms with Crippen LogP contribution in [0.5, 0.6) is 11.5 Å². The highest BCUT2D eigenvalue weighted by atomic mass is 16.5. The topological polar surface area (TPSA) is 84.9 Å². The Kier molecular flexibility index (Phi) is 4.30. The molecule has 1 saturated heterocycles. The summed E-state index contributed by atoms with van der Waals surface area (Å²) in [6.07, 6.45) is 1.19. The second-order valence-corrected chi connectivity index (χ2v) is 6.87. The number of nitrogens with one attached hydrogen (secondary N) is 1. The molecule has 7 heteroatoms. The summed E-state index contributed by atoms with van der Waals surface area (Å²) < 4.78 is 10.4. The van der Waals surface area contributed by atoms with Gasteiger partial charge in [0.1, 0.15) is 17.0 Å². The highest BCUT2D eigenvalue weighted by Gasteiger charge is 2.55. The molecule has 28 heavy (non-hydrogen) atoms. The van der Waals surface area contributed by atoms with Crippen LogP contribution in [0.1, 0.15) is 27.9 Å². The second-order valence-electron chi connectivity index (χ2n) is 6.87. The van der Waals surface area contributed by atoms with Crippen LogP contribution in [0, 0.1) is 0 Å². The Labute approximate surface area is 162 Å². The Balaban J connectivity index is 1.63. The van der Waals surface area contributed by atoms with Gasteiger partial charge in [-0.1, -0.05) is 24.3 Å². The summed E-state index contributed by atoms with van der Waals surface area (Å²) >= 11 is 0. The molecule has 7 nitrogen and oxygen atoms in total. The number of rotatable bonds is 5. The molecule has 0 aromatic heterocycles. The molecule has 1 N–H and O–H groups in total. The lowest BCUT2D eigenvalue weighted by Gasteiger charge is -2.22. The molecule has 2 aliphatic rings. The van der Waals surface area contributed by atoms with Gasteiger partial charge in [0.15, 0.2) is 5.78 Å². The van der Waals surface area contributed by atoms with E-state index in [1.54, 1.807) is 18.2 Å². The van der Waals surface area contributed by atoms with Crippen molar-refractivity contribution in [2.75, 3.05) is 20.8 Å². The van der Waals surface area contributed by atoms with Gasteiger partial charge in [-0.3, -0.25) is 14.5 Å². The van der Waals surface area contributed by atoms with E-state index in [0.29, 0.717) is 24.3 Å². The van der Waals surface area contributed by atoms with Gasteiger partial charge in [-0.2, -0.15) is 0 Å². The quantitative estimate of drug-likeness (QED) is 0.635. The first-order valence-electron chi connectivity index (χ1n) is 8.98. The van der Waals surface area contributed by atoms with E-state index in [1.165, 1.54) is 14.2 Å². The molecule has 2 aromatic carbocycles. The molecule has 4 rings (SSSR count). The van der Waals surface area contributed by atoms with Gasteiger partial charge in [0.05, 0.1) is 26.3 Å². The van der Waals surface area contributed by atoms with Crippen molar-refractivity contribution in [2.24, 2.45) is 0 Å². The average molecular weight is 380 g/mol. The Morgan fingerprint density at radius 1 is 1.14 bits per heavy atom. The molecular formula is C21H20N2O5. The number of ketones is 1. The number of Topliss-reactive ketones (excluding diaryl/α,β-unsaturated/α-hetero) is 1. The van der Waals surface area contributed by atoms with Crippen molar-refractivity contribution >= 4 is 17.7 Å². The molecule has 1 spiro atoms. The smallest absolute Gasteiger partial charge is 0.325 e. The molecule has 0 bridgehead atoms. The maximum absolute atomic E-state index is 13.2. The third-order valence-corrected chi connectivity index (χ3v) is 5.43. The van der Waals surface area contributed by atoms with Crippen LogP contribution in [-0.2, 0) is 16.8 Å². The third-order valence-electron chi connectivity index (χ3n) is 5.43. The molecule has 2 aromatic rings. The van der Waals surface area contributed by atoms with Gasteiger partial charge in [0.25, 0.3) is 5.91 Å². The molecule has 1 aliphatic heterocycles. The summed E-state index contributed by atoms with van der Waals surface area (Å²) in [6, 6.07) is 11.9. The monoisotopic (exact) mass is 380 g/mol. The van der Waals surface area contributed by atoms with Gasteiger partial charge < -0.3 is 14.8 Å². The van der Waals surface area contributed by atoms with Gasteiger partial charge in [0, 0.05) is 0 Å². The minimum absolute atomic E-state index is 0.259. The number of hydrogen-bond donors (Lipinski definition) is 1. The molecule has 0 unspecified atom stereocenters. The van der Waals surface area contributed by atoms with Crippen LogP contribution in [0.15, 0.2) is 42.5 Å². The average Bonchev–Trinajstić information content (AvgIpc) is 3.20. The van der Waals surface area contributed by atoms with E-state index < -0.39 is 23.3 Å². The minimum atomic E-state index is -1.08. The number of aryl methyl sites for hydroxylation is 1. The summed E-state index contributed by atoms with van der Waals surface area (Å²) in [4.78, 5) is 39.6. The lowest BCUT2D eigenvalue weighted by atomic mass is 9.92. The predicted octanol–water partition coefficient (Wildman–Crippen LogP) is 2.28. The first-order valence-corrected chi connectivity index (χ1v) is 8.98. The first-order chi connectivity index (χ1) is 13.5. The zero-order chi connectivity index (χ0) is 19.9. The van der Waals surface area contributed by atoms with E-state index >= 15 is 0 Å². The summed E-state index contributed by atoms with van der Waals surface area (Å²) in [6.45, 7) is -0.363. The van der Waals surface area contributed by atoms with Crippen molar-refractivity contribution in [2.45, 2.75) is 18.4 Å². The molecule has 1 atom stereocenters. The Bertz CT molecular complexity index is 987. The molecule has 0 radical (unpaired) electrons. The number of urea groups is 1. The van der Waals surface area contributed by atoms with E-state index in [-0.39, 0.29) is 12.1 Å². The maximum Gasteiger partial charge on any atom is 0.325 e. The second kappa shape index (κ2) is 6.67. The fourth-order valence-corrected chi connectivity index (χ4v) is 3.99. The molecule has 1 heterocycles. The van der Waals surface area contributed by atoms with Gasteiger partial charge in [-0.25, -0.2) is 4.79 Å². The first kappa shape index (κ1) is 18.0. The molecule has 3 amide bonds. The summed E-state index contributed by atoms with van der Waals surface area (Å²) in [5, 5.41) is 2.82. The van der Waals surface area contributed by atoms with E-state index in [0.717, 1.165) is 16.0 Å². The molecule has 1 fully saturated rings. The number of methoxy groups -OCH3 is 2. The maximum atomic E-state index is 13.2. The van der Waals surface area contributed by atoms with Crippen molar-refractivity contribution in [3.05, 3.63) is 59.2 Å². The Morgan fingerprint density at radius 3 is 2.68 bits per heavy atom. The lowest BCUT2D eigenvalue weighted by molar-refractivity contribution is -0.131. The standard InChI is InChI=1S/C21H20N2O5/c1-27-14-7-8-18(28-2)15(11-14)17(24)12-23-19(25)21(22-20(23)26)10-9-13-5-3-4-6-16(13)21/h3-8,11H,9-10,12H2,1-2H3,(H,22,26)/t21-/m0/s1. The van der Waals surface area contributed by atoms with Crippen LogP contribution in [0.25, 0.3) is 0 Å². The number of imide groups is 1. The number of fused-ring (bicyclic) bond motifs is 2. The largest absolute Gasteiger partial charge is 0.497 e. The normalized spacial score (nSPS) is 20.3. The van der Waals surface area contributed by atoms with Crippen molar-refractivity contribution in [3.8, 4) is 11.5 Å². The summed E-state index contributed by atoms with van der Waals surface area (Å²) in [5.74, 6) is 0.0570. The van der Waals surface area contributed by atoms with Crippen LogP contribution >= 0.6 is 0 Å². The fraction of sp³-hybridized carbons (Fsp3) is 0.286. The van der Waals surface area contributed by atoms with Crippen molar-refractivity contribution in [3.63, 3.8) is 0 Å². The molecule has 1 aliphatic carbocycles. The highest BCUT2D eigenvalue weighted by molar-refractivity contribution is 6.12. The van der Waals surface area contributed by atoms with Gasteiger partial charge in [-0.05, 0) is 42.2 Å². The van der Waals surface area contributed by atoms with Gasteiger partial charge in [-0.15, -0.1) is 0 Å². The zero-order valence-corrected chi connectivity index (χ0v) is 15.7. The predicted molar refractivity (Wildman–Crippen MR) is 101 cm³/mol. The van der Waals surface area contributed by atoms with Gasteiger partial charge >= 0.3 is 6.03 Å². The van der Waals surface area contributed by atoms with E-state index in [2.05, 4.69) is 5.32 Å². The lowest BCUT2D eigenvalue weighted by Crippen LogP contribution is -2.42. The van der Waals surface area contributed by atoms with Crippen LogP contribution in [0.4, 0.5) is 4.79 Å². The third kappa shape index (κ3) is 2.62. The van der Waals surface area contributed by atoms with E-state index in [9.17, 15) is 14.4 Å². The number of hydrogen-bond acceptors (Lipinski definition) is 5. The Morgan fingerprint density at radius 2 is 1.93 bits per heavy atom. The zero-order valence-electron chi connectivity index (χ0n) is 15.7. The van der Waals surface area contributed by atoms with Crippen LogP contribution in [0.2, 0.25) is 0 Å². The van der Waals surface area contributed by atoms with Gasteiger partial charge in [0.2, 0.25) is 0 Å². The number of carbonyl (C=O) groups is 3. The number of amides is 3. The van der Waals surface area contributed by atoms with Crippen LogP contribution in [-0.4, -0.2) is 43.4 Å². The molecular weight excluding hydrogens is 360 g/mol. The van der Waals surface area contributed by atoms with E-state index in [4.69, 9.17) is 9.47 Å². The number of ether oxygens (including phenoxy) is 2. The number of benzene rings is 2. The van der Waals surface area contributed by atoms with Crippen LogP contribution in [0.3, 0.4) is 0 Å². The SMILES string of the molecule is COc1ccc(OC)c(C(=O)CN2C(=O)N[C@]3(CCc4ccccc43)C2=O)c1. The fourth-order valence-electron chi connectivity index (χ4n) is 3.99. The summed E-state index contributed by atoms with van der Waals surface area (Å²) in [5.41, 5.74) is 1.03. The van der Waals surface area contributed by atoms with Crippen molar-refractivity contribution < 1.29 is 23.9 Å². The summed E-state index contributed by atoms with van der Waals surface area (Å²) in [7, 11) is 2.95. The van der Waals surface area contributed by atoms with Crippen molar-refractivity contribution in [1.29, 1.82) is 0 Å². The Hall–Kier alpha value is -3.35. The highest BCUT2D eigenvalue weighted by Crippen LogP contribution is 2.41. The van der Waals surface area contributed by atoms with Crippen LogP contribution < -0.4 is 14.8 Å². The molecule has 0 saturated carbocycles.